The Labute approximate surface area is 291 Å². The first-order valence-corrected chi connectivity index (χ1v) is 16.7. The number of aromatic nitrogens is 3. The molecule has 9 nitrogen and oxygen atoms in total. The minimum Gasteiger partial charge on any atom is -0.397 e. The lowest BCUT2D eigenvalue weighted by atomic mass is 9.95. The molecule has 2 aromatic carbocycles. The number of anilines is 3. The number of rotatable bonds is 5. The summed E-state index contributed by atoms with van der Waals surface area (Å²) in [6, 6.07) is 1.82. The van der Waals surface area contributed by atoms with E-state index < -0.39 is 28.3 Å². The van der Waals surface area contributed by atoms with Crippen molar-refractivity contribution in [1.82, 2.24) is 19.4 Å². The third-order valence-electron chi connectivity index (χ3n) is 9.08. The molecule has 2 aliphatic rings. The molecule has 2 unspecified atom stereocenters. The van der Waals surface area contributed by atoms with Gasteiger partial charge in [-0.05, 0) is 37.0 Å². The van der Waals surface area contributed by atoms with Crippen molar-refractivity contribution >= 4 is 68.7 Å². The minimum absolute atomic E-state index is 0.0941. The number of nitrogens with zero attached hydrogens (tertiary/aromatic N) is 5. The number of pyridine rings is 1. The summed E-state index contributed by atoms with van der Waals surface area (Å²) in [6.07, 6.45) is 2.72. The summed E-state index contributed by atoms with van der Waals surface area (Å²) in [6.45, 7) is 14.3. The van der Waals surface area contributed by atoms with Crippen molar-refractivity contribution in [2.45, 2.75) is 58.5 Å². The SMILES string of the molecule is C=CC(=O)N1CC2CNc3c(c4cc(F)c(-c5c(N)c(Cl)cc(Cl)c5F)c(Cl)c4n(-c4c(C(C)C)ncnc4C(C)C)c3=O)N2CC1C. The van der Waals surface area contributed by atoms with Gasteiger partial charge in [-0.25, -0.2) is 18.7 Å². The largest absolute Gasteiger partial charge is 0.397 e. The minimum atomic E-state index is -1.02. The summed E-state index contributed by atoms with van der Waals surface area (Å²) in [5.41, 5.74) is 6.93. The van der Waals surface area contributed by atoms with Crippen molar-refractivity contribution in [3.63, 3.8) is 0 Å². The Balaban J connectivity index is 1.79. The van der Waals surface area contributed by atoms with Gasteiger partial charge in [-0.2, -0.15) is 0 Å². The van der Waals surface area contributed by atoms with Crippen molar-refractivity contribution in [3.05, 3.63) is 79.6 Å². The number of hydrogen-bond acceptors (Lipinski definition) is 7. The summed E-state index contributed by atoms with van der Waals surface area (Å²) >= 11 is 19.6. The highest BCUT2D eigenvalue weighted by Gasteiger charge is 2.40. The lowest BCUT2D eigenvalue weighted by Crippen LogP contribution is -2.62. The molecule has 0 radical (unpaired) electrons. The van der Waals surface area contributed by atoms with Crippen LogP contribution in [0.3, 0.4) is 0 Å². The molecule has 0 spiro atoms. The highest BCUT2D eigenvalue weighted by molar-refractivity contribution is 6.40. The molecule has 4 aromatic rings. The van der Waals surface area contributed by atoms with Gasteiger partial charge < -0.3 is 20.9 Å². The van der Waals surface area contributed by atoms with E-state index in [0.717, 1.165) is 6.07 Å². The normalized spacial score (nSPS) is 17.5. The molecule has 14 heteroatoms. The Morgan fingerprint density at radius 3 is 2.29 bits per heavy atom. The Morgan fingerprint density at radius 2 is 1.69 bits per heavy atom. The maximum Gasteiger partial charge on any atom is 0.281 e. The van der Waals surface area contributed by atoms with Gasteiger partial charge in [0, 0.05) is 42.2 Å². The molecule has 0 aliphatic carbocycles. The Kier molecular flexibility index (Phi) is 8.85. The monoisotopic (exact) mass is 715 g/mol. The van der Waals surface area contributed by atoms with Crippen LogP contribution in [0, 0.1) is 11.6 Å². The first-order valence-electron chi connectivity index (χ1n) is 15.5. The number of carbonyl (C=O) groups is 1. The van der Waals surface area contributed by atoms with Crippen LogP contribution in [0.1, 0.15) is 57.8 Å². The highest BCUT2D eigenvalue weighted by Crippen LogP contribution is 2.48. The van der Waals surface area contributed by atoms with Crippen LogP contribution < -0.4 is 21.5 Å². The van der Waals surface area contributed by atoms with Gasteiger partial charge in [-0.3, -0.25) is 14.2 Å². The van der Waals surface area contributed by atoms with E-state index in [0.29, 0.717) is 42.4 Å². The summed E-state index contributed by atoms with van der Waals surface area (Å²) in [7, 11) is 0. The predicted octanol–water partition coefficient (Wildman–Crippen LogP) is 7.53. The molecular weight excluding hydrogens is 683 g/mol. The number of nitrogen functional groups attached to an aromatic ring is 1. The Hall–Kier alpha value is -3.93. The summed E-state index contributed by atoms with van der Waals surface area (Å²) in [5.74, 6) is -2.45. The zero-order valence-electron chi connectivity index (χ0n) is 27.0. The Bertz CT molecular complexity index is 2030. The van der Waals surface area contributed by atoms with E-state index in [2.05, 4.69) is 21.9 Å². The average Bonchev–Trinajstić information content (AvgIpc) is 3.04. The molecule has 2 atom stereocenters. The van der Waals surface area contributed by atoms with Gasteiger partial charge in [-0.15, -0.1) is 0 Å². The number of piperazine rings is 1. The number of benzene rings is 2. The van der Waals surface area contributed by atoms with E-state index >= 15 is 8.78 Å². The molecule has 0 bridgehead atoms. The third-order valence-corrected chi connectivity index (χ3v) is 10.0. The molecule has 1 saturated heterocycles. The molecule has 4 heterocycles. The molecule has 2 aromatic heterocycles. The van der Waals surface area contributed by atoms with Gasteiger partial charge in [0.25, 0.3) is 5.56 Å². The van der Waals surface area contributed by atoms with Crippen molar-refractivity contribution in [3.8, 4) is 16.8 Å². The summed E-state index contributed by atoms with van der Waals surface area (Å²) < 4.78 is 33.8. The second-order valence-corrected chi connectivity index (χ2v) is 14.0. The number of hydrogen-bond donors (Lipinski definition) is 2. The van der Waals surface area contributed by atoms with Crippen molar-refractivity contribution < 1.29 is 13.6 Å². The maximum atomic E-state index is 16.6. The van der Waals surface area contributed by atoms with Gasteiger partial charge in [0.1, 0.15) is 17.8 Å². The molecule has 1 amide bonds. The van der Waals surface area contributed by atoms with Crippen LogP contribution in [0.2, 0.25) is 15.1 Å². The van der Waals surface area contributed by atoms with E-state index in [1.54, 1.807) is 4.90 Å². The first kappa shape index (κ1) is 34.0. The highest BCUT2D eigenvalue weighted by atomic mass is 35.5. The van der Waals surface area contributed by atoms with E-state index in [9.17, 15) is 9.59 Å². The fourth-order valence-electron chi connectivity index (χ4n) is 6.82. The number of fused-ring (bicyclic) bond motifs is 5. The van der Waals surface area contributed by atoms with Gasteiger partial charge in [0.15, 0.2) is 5.82 Å². The third kappa shape index (κ3) is 5.18. The first-order chi connectivity index (χ1) is 22.7. The van der Waals surface area contributed by atoms with Gasteiger partial charge >= 0.3 is 0 Å². The van der Waals surface area contributed by atoms with Crippen LogP contribution >= 0.6 is 34.8 Å². The number of carbonyl (C=O) groups excluding carboxylic acids is 1. The molecule has 48 heavy (non-hydrogen) atoms. The molecule has 1 fully saturated rings. The molecular formula is C34H34Cl3F2N7O2. The van der Waals surface area contributed by atoms with E-state index in [1.807, 2.05) is 39.5 Å². The number of amides is 1. The van der Waals surface area contributed by atoms with E-state index in [4.69, 9.17) is 40.5 Å². The number of halogens is 5. The fourth-order valence-corrected chi connectivity index (χ4v) is 7.66. The number of nitrogens with two attached hydrogens (primary N) is 1. The topological polar surface area (TPSA) is 109 Å². The van der Waals surface area contributed by atoms with Crippen LogP contribution in [0.15, 0.2) is 35.9 Å². The van der Waals surface area contributed by atoms with E-state index in [-0.39, 0.29) is 67.2 Å². The molecule has 0 saturated carbocycles. The standard InChI is InChI=1S/C34H34Cl3F2N7O2/c1-7-22(47)44-12-17-10-41-30-32(45(17)11-16(44)6)18-8-21(38)23(24-26(39)19(35)9-20(36)27(24)40)25(37)31(18)46(34(30)48)33-28(14(2)3)42-13-43-29(33)15(4)5/h7-9,13-17,41H,1,10-12,40H2,2-6H3. The molecule has 3 N–H and O–H groups in total. The van der Waals surface area contributed by atoms with Crippen molar-refractivity contribution in [2.24, 2.45) is 0 Å². The molecule has 6 rings (SSSR count). The zero-order chi connectivity index (χ0) is 34.9. The second-order valence-electron chi connectivity index (χ2n) is 12.8. The average molecular weight is 717 g/mol. The van der Waals surface area contributed by atoms with Gasteiger partial charge in [0.2, 0.25) is 5.91 Å². The lowest BCUT2D eigenvalue weighted by Gasteiger charge is -2.49. The van der Waals surface area contributed by atoms with Crippen LogP contribution in [0.25, 0.3) is 27.7 Å². The lowest BCUT2D eigenvalue weighted by molar-refractivity contribution is -0.128. The summed E-state index contributed by atoms with van der Waals surface area (Å²) in [5, 5.41) is 2.81. The van der Waals surface area contributed by atoms with Crippen molar-refractivity contribution in [1.29, 1.82) is 0 Å². The zero-order valence-corrected chi connectivity index (χ0v) is 29.2. The van der Waals surface area contributed by atoms with Crippen molar-refractivity contribution in [2.75, 3.05) is 35.6 Å². The maximum absolute atomic E-state index is 16.6. The second kappa shape index (κ2) is 12.5. The van der Waals surface area contributed by atoms with Gasteiger partial charge in [-0.1, -0.05) is 69.1 Å². The molecule has 2 aliphatic heterocycles. The van der Waals surface area contributed by atoms with Gasteiger partial charge in [0.05, 0.1) is 55.1 Å². The van der Waals surface area contributed by atoms with Crippen LogP contribution in [-0.4, -0.2) is 57.1 Å². The van der Waals surface area contributed by atoms with Crippen LogP contribution in [0.5, 0.6) is 0 Å². The number of nitrogens with one attached hydrogen (secondary N) is 1. The summed E-state index contributed by atoms with van der Waals surface area (Å²) in [4.78, 5) is 40.5. The smallest absolute Gasteiger partial charge is 0.281 e. The Morgan fingerprint density at radius 1 is 1.04 bits per heavy atom. The quantitative estimate of drug-likeness (QED) is 0.125. The fraction of sp³-hybridized carbons (Fsp3) is 0.353. The van der Waals surface area contributed by atoms with Crippen LogP contribution in [0.4, 0.5) is 25.8 Å². The van der Waals surface area contributed by atoms with E-state index in [1.165, 1.54) is 23.0 Å². The predicted molar refractivity (Wildman–Crippen MR) is 189 cm³/mol. The van der Waals surface area contributed by atoms with Crippen LogP contribution in [-0.2, 0) is 4.79 Å². The molecule has 252 valence electrons.